The van der Waals surface area contributed by atoms with Crippen LogP contribution in [-0.4, -0.2) is 41.3 Å². The molecule has 1 aliphatic rings. The molecule has 0 aliphatic carbocycles. The van der Waals surface area contributed by atoms with Crippen LogP contribution in [0, 0.1) is 0 Å². The fourth-order valence-corrected chi connectivity index (χ4v) is 4.11. The Morgan fingerprint density at radius 3 is 2.59 bits per heavy atom. The molecule has 4 aromatic rings. The Morgan fingerprint density at radius 1 is 1.03 bits per heavy atom. The van der Waals surface area contributed by atoms with Gasteiger partial charge in [0.15, 0.2) is 0 Å². The lowest BCUT2D eigenvalue weighted by Gasteiger charge is -2.28. The Kier molecular flexibility index (Phi) is 5.70. The molecule has 0 bridgehead atoms. The van der Waals surface area contributed by atoms with Crippen LogP contribution in [0.4, 0.5) is 17.2 Å². The number of aromatic amines is 1. The predicted octanol–water partition coefficient (Wildman–Crippen LogP) is 4.87. The number of fused-ring (bicyclic) bond motifs is 1. The molecule has 2 aromatic carbocycles. The first kappa shape index (κ1) is 20.8. The van der Waals surface area contributed by atoms with Crippen LogP contribution >= 0.6 is 23.2 Å². The zero-order chi connectivity index (χ0) is 22.1. The number of pyridine rings is 1. The summed E-state index contributed by atoms with van der Waals surface area (Å²) in [6, 6.07) is 14.9. The van der Waals surface area contributed by atoms with Crippen LogP contribution in [0.5, 0.6) is 0 Å². The van der Waals surface area contributed by atoms with E-state index < -0.39 is 0 Å². The molecule has 0 saturated carbocycles. The van der Waals surface area contributed by atoms with Gasteiger partial charge in [-0.05, 0) is 48.5 Å². The fraction of sp³-hybridized carbons (Fsp3) is 0.174. The number of hydrogen-bond donors (Lipinski definition) is 2. The molecule has 3 heterocycles. The minimum absolute atomic E-state index is 0.279. The number of rotatable bonds is 4. The van der Waals surface area contributed by atoms with E-state index in [-0.39, 0.29) is 5.56 Å². The van der Waals surface area contributed by atoms with Gasteiger partial charge in [0.1, 0.15) is 11.2 Å². The summed E-state index contributed by atoms with van der Waals surface area (Å²) in [5.41, 5.74) is 3.37. The topological polar surface area (TPSA) is 83.1 Å². The number of morpholine rings is 1. The summed E-state index contributed by atoms with van der Waals surface area (Å²) in [7, 11) is 0. The summed E-state index contributed by atoms with van der Waals surface area (Å²) in [4.78, 5) is 26.5. The Morgan fingerprint density at radius 2 is 1.81 bits per heavy atom. The Labute approximate surface area is 194 Å². The molecule has 0 radical (unpaired) electrons. The van der Waals surface area contributed by atoms with Gasteiger partial charge in [0, 0.05) is 35.1 Å². The normalized spacial score (nSPS) is 14.0. The van der Waals surface area contributed by atoms with Crippen molar-refractivity contribution in [1.29, 1.82) is 0 Å². The Bertz CT molecular complexity index is 1330. The van der Waals surface area contributed by atoms with Crippen LogP contribution in [0.1, 0.15) is 0 Å². The third-order valence-corrected chi connectivity index (χ3v) is 5.90. The smallest absolute Gasteiger partial charge is 0.262 e. The van der Waals surface area contributed by atoms with Crippen molar-refractivity contribution in [2.24, 2.45) is 0 Å². The molecule has 5 rings (SSSR count). The zero-order valence-electron chi connectivity index (χ0n) is 16.9. The molecule has 9 heteroatoms. The maximum Gasteiger partial charge on any atom is 0.262 e. The first-order chi connectivity index (χ1) is 15.6. The van der Waals surface area contributed by atoms with Gasteiger partial charge in [0.05, 0.1) is 35.8 Å². The predicted molar refractivity (Wildman–Crippen MR) is 128 cm³/mol. The van der Waals surface area contributed by atoms with Gasteiger partial charge in [-0.2, -0.15) is 0 Å². The van der Waals surface area contributed by atoms with Crippen LogP contribution in [0.2, 0.25) is 10.0 Å². The molecule has 1 fully saturated rings. The molecule has 0 unspecified atom stereocenters. The minimum Gasteiger partial charge on any atom is -0.378 e. The van der Waals surface area contributed by atoms with Crippen LogP contribution in [0.3, 0.4) is 0 Å². The number of halogens is 2. The van der Waals surface area contributed by atoms with E-state index in [1.165, 1.54) is 6.33 Å². The van der Waals surface area contributed by atoms with Gasteiger partial charge >= 0.3 is 0 Å². The van der Waals surface area contributed by atoms with Crippen molar-refractivity contribution in [1.82, 2.24) is 15.0 Å². The number of hydrogen-bond acceptors (Lipinski definition) is 6. The van der Waals surface area contributed by atoms with Crippen molar-refractivity contribution in [2.45, 2.75) is 0 Å². The largest absolute Gasteiger partial charge is 0.378 e. The van der Waals surface area contributed by atoms with Crippen LogP contribution in [0.15, 0.2) is 59.7 Å². The average Bonchev–Trinajstić information content (AvgIpc) is 2.81. The number of aromatic nitrogens is 3. The van der Waals surface area contributed by atoms with Crippen LogP contribution < -0.4 is 15.8 Å². The van der Waals surface area contributed by atoms with E-state index >= 15 is 0 Å². The summed E-state index contributed by atoms with van der Waals surface area (Å²) in [6.45, 7) is 3.18. The van der Waals surface area contributed by atoms with Crippen LogP contribution in [-0.2, 0) is 4.74 Å². The maximum absolute atomic E-state index is 12.6. The van der Waals surface area contributed by atoms with Gasteiger partial charge in [0.2, 0.25) is 0 Å². The van der Waals surface area contributed by atoms with Crippen molar-refractivity contribution >= 4 is 51.3 Å². The third-order valence-electron chi connectivity index (χ3n) is 5.34. The lowest BCUT2D eigenvalue weighted by molar-refractivity contribution is 0.122. The second-order valence-corrected chi connectivity index (χ2v) is 8.22. The van der Waals surface area contributed by atoms with Gasteiger partial charge in [-0.3, -0.25) is 4.79 Å². The molecule has 0 spiro atoms. The number of ether oxygens (including phenoxy) is 1. The number of nitrogens with one attached hydrogen (secondary N) is 2. The van der Waals surface area contributed by atoms with Gasteiger partial charge in [-0.25, -0.2) is 9.97 Å². The molecule has 1 saturated heterocycles. The second kappa shape index (κ2) is 8.78. The lowest BCUT2D eigenvalue weighted by Crippen LogP contribution is -2.36. The van der Waals surface area contributed by atoms with Crippen molar-refractivity contribution in [2.75, 3.05) is 36.5 Å². The Balaban J connectivity index is 1.55. The summed E-state index contributed by atoms with van der Waals surface area (Å²) in [5, 5.41) is 4.69. The molecule has 1 aliphatic heterocycles. The summed E-state index contributed by atoms with van der Waals surface area (Å²) in [5.74, 6) is 0.391. The van der Waals surface area contributed by atoms with E-state index in [1.54, 1.807) is 24.3 Å². The van der Waals surface area contributed by atoms with Crippen molar-refractivity contribution in [3.05, 3.63) is 75.3 Å². The molecule has 2 aromatic heterocycles. The first-order valence-electron chi connectivity index (χ1n) is 10.1. The summed E-state index contributed by atoms with van der Waals surface area (Å²) in [6.07, 6.45) is 1.37. The van der Waals surface area contributed by atoms with Crippen LogP contribution in [0.25, 0.3) is 22.2 Å². The van der Waals surface area contributed by atoms with Gasteiger partial charge in [-0.15, -0.1) is 0 Å². The highest BCUT2D eigenvalue weighted by molar-refractivity contribution is 6.35. The zero-order valence-corrected chi connectivity index (χ0v) is 18.5. The molecule has 7 nitrogen and oxygen atoms in total. The highest BCUT2D eigenvalue weighted by atomic mass is 35.5. The molecule has 32 heavy (non-hydrogen) atoms. The molecule has 0 atom stereocenters. The average molecular weight is 468 g/mol. The fourth-order valence-electron chi connectivity index (χ4n) is 3.73. The number of H-pyrrole nitrogens is 1. The van der Waals surface area contributed by atoms with Crippen molar-refractivity contribution < 1.29 is 4.74 Å². The minimum atomic E-state index is -0.279. The third kappa shape index (κ3) is 4.14. The highest BCUT2D eigenvalue weighted by Crippen LogP contribution is 2.33. The summed E-state index contributed by atoms with van der Waals surface area (Å²) >= 11 is 12.6. The standard InChI is InChI=1S/C23H19Cl2N5O2/c24-14-1-6-18(25)17(11-14)19-12-20-21(23(31)27-13-26-20)22(29-19)28-15-2-4-16(5-3-15)30-7-9-32-10-8-30/h1-6,11-13H,7-10H2,(H,28,29)(H,26,27,31). The van der Waals surface area contributed by atoms with E-state index in [0.29, 0.717) is 38.0 Å². The van der Waals surface area contributed by atoms with E-state index in [9.17, 15) is 4.79 Å². The summed E-state index contributed by atoms with van der Waals surface area (Å²) < 4.78 is 5.42. The van der Waals surface area contributed by atoms with E-state index in [4.69, 9.17) is 32.9 Å². The van der Waals surface area contributed by atoms with E-state index in [0.717, 1.165) is 37.7 Å². The highest BCUT2D eigenvalue weighted by Gasteiger charge is 2.15. The van der Waals surface area contributed by atoms with Crippen molar-refractivity contribution in [3.8, 4) is 11.3 Å². The molecule has 162 valence electrons. The molecule has 2 N–H and O–H groups in total. The van der Waals surface area contributed by atoms with Gasteiger partial charge in [0.25, 0.3) is 5.56 Å². The van der Waals surface area contributed by atoms with Crippen molar-refractivity contribution in [3.63, 3.8) is 0 Å². The lowest BCUT2D eigenvalue weighted by atomic mass is 10.1. The molecular formula is C23H19Cl2N5O2. The second-order valence-electron chi connectivity index (χ2n) is 7.38. The molecular weight excluding hydrogens is 449 g/mol. The number of benzene rings is 2. The van der Waals surface area contributed by atoms with E-state index in [2.05, 4.69) is 20.2 Å². The SMILES string of the molecule is O=c1[nH]cnc2cc(-c3cc(Cl)ccc3Cl)nc(Nc3ccc(N4CCOCC4)cc3)c12. The van der Waals surface area contributed by atoms with Gasteiger partial charge < -0.3 is 19.9 Å². The van der Waals surface area contributed by atoms with Gasteiger partial charge in [-0.1, -0.05) is 23.2 Å². The number of anilines is 3. The quantitative estimate of drug-likeness (QED) is 0.445. The molecule has 0 amide bonds. The monoisotopic (exact) mass is 467 g/mol. The Hall–Kier alpha value is -3.13. The van der Waals surface area contributed by atoms with E-state index in [1.807, 2.05) is 24.3 Å². The number of nitrogens with zero attached hydrogens (tertiary/aromatic N) is 3. The maximum atomic E-state index is 12.6. The first-order valence-corrected chi connectivity index (χ1v) is 10.9.